The minimum atomic E-state index is -0.0967. The van der Waals surface area contributed by atoms with Crippen molar-refractivity contribution in [2.75, 3.05) is 13.2 Å². The van der Waals surface area contributed by atoms with Crippen molar-refractivity contribution in [3.05, 3.63) is 65.7 Å². The summed E-state index contributed by atoms with van der Waals surface area (Å²) in [6.45, 7) is 5.05. The molecule has 2 aromatic rings. The third kappa shape index (κ3) is 4.62. The molecule has 0 fully saturated rings. The third-order valence-corrected chi connectivity index (χ3v) is 3.62. The average Bonchev–Trinajstić information content (AvgIpc) is 2.55. The Morgan fingerprint density at radius 1 is 1.09 bits per heavy atom. The van der Waals surface area contributed by atoms with Gasteiger partial charge in [0, 0.05) is 0 Å². The van der Waals surface area contributed by atoms with E-state index in [1.54, 1.807) is 0 Å². The van der Waals surface area contributed by atoms with Crippen LogP contribution >= 0.6 is 0 Å². The van der Waals surface area contributed by atoms with Gasteiger partial charge in [0.05, 0.1) is 12.5 Å². The van der Waals surface area contributed by atoms with Gasteiger partial charge in [-0.3, -0.25) is 4.79 Å². The molecule has 0 aliphatic heterocycles. The van der Waals surface area contributed by atoms with Gasteiger partial charge in [-0.1, -0.05) is 55.0 Å². The second kappa shape index (κ2) is 8.23. The monoisotopic (exact) mass is 297 g/mol. The molecule has 1 unspecified atom stereocenters. The SMILES string of the molecule is CCC(C(=O)NCCOc1ccc(C)cc1)c1ccccc1. The van der Waals surface area contributed by atoms with Crippen LogP contribution in [0.3, 0.4) is 0 Å². The lowest BCUT2D eigenvalue weighted by atomic mass is 9.96. The van der Waals surface area contributed by atoms with E-state index in [1.807, 2.05) is 68.4 Å². The van der Waals surface area contributed by atoms with Gasteiger partial charge < -0.3 is 10.1 Å². The Morgan fingerprint density at radius 3 is 2.41 bits per heavy atom. The second-order valence-electron chi connectivity index (χ2n) is 5.32. The molecule has 0 spiro atoms. The maximum absolute atomic E-state index is 12.3. The first-order chi connectivity index (χ1) is 10.7. The summed E-state index contributed by atoms with van der Waals surface area (Å²) in [5.74, 6) is 0.789. The molecular weight excluding hydrogens is 274 g/mol. The van der Waals surface area contributed by atoms with E-state index >= 15 is 0 Å². The first-order valence-electron chi connectivity index (χ1n) is 7.73. The van der Waals surface area contributed by atoms with Crippen molar-refractivity contribution >= 4 is 5.91 Å². The highest BCUT2D eigenvalue weighted by Crippen LogP contribution is 2.19. The molecule has 2 rings (SSSR count). The first-order valence-corrected chi connectivity index (χ1v) is 7.73. The fraction of sp³-hybridized carbons (Fsp3) is 0.316. The lowest BCUT2D eigenvalue weighted by molar-refractivity contribution is -0.122. The molecule has 1 N–H and O–H groups in total. The number of amides is 1. The van der Waals surface area contributed by atoms with Crippen molar-refractivity contribution in [3.63, 3.8) is 0 Å². The van der Waals surface area contributed by atoms with Gasteiger partial charge in [-0.25, -0.2) is 0 Å². The highest BCUT2D eigenvalue weighted by atomic mass is 16.5. The Labute approximate surface area is 132 Å². The van der Waals surface area contributed by atoms with E-state index in [2.05, 4.69) is 5.32 Å². The van der Waals surface area contributed by atoms with Crippen LogP contribution in [0.15, 0.2) is 54.6 Å². The number of carbonyl (C=O) groups is 1. The first kappa shape index (κ1) is 16.1. The van der Waals surface area contributed by atoms with Gasteiger partial charge in [-0.2, -0.15) is 0 Å². The Hall–Kier alpha value is -2.29. The number of benzene rings is 2. The van der Waals surface area contributed by atoms with Gasteiger partial charge in [0.15, 0.2) is 0 Å². The number of carbonyl (C=O) groups excluding carboxylic acids is 1. The molecule has 22 heavy (non-hydrogen) atoms. The summed E-state index contributed by atoms with van der Waals surface area (Å²) in [5.41, 5.74) is 2.26. The summed E-state index contributed by atoms with van der Waals surface area (Å²) in [6, 6.07) is 17.8. The highest BCUT2D eigenvalue weighted by molar-refractivity contribution is 5.83. The Bertz CT molecular complexity index is 578. The summed E-state index contributed by atoms with van der Waals surface area (Å²) in [4.78, 5) is 12.3. The zero-order valence-corrected chi connectivity index (χ0v) is 13.2. The van der Waals surface area contributed by atoms with Gasteiger partial charge in [-0.05, 0) is 31.0 Å². The molecule has 0 heterocycles. The molecular formula is C19H23NO2. The number of hydrogen-bond acceptors (Lipinski definition) is 2. The van der Waals surface area contributed by atoms with E-state index in [1.165, 1.54) is 5.56 Å². The van der Waals surface area contributed by atoms with Gasteiger partial charge in [0.1, 0.15) is 12.4 Å². The topological polar surface area (TPSA) is 38.3 Å². The molecule has 1 atom stereocenters. The standard InChI is InChI=1S/C19H23NO2/c1-3-18(16-7-5-4-6-8-16)19(21)20-13-14-22-17-11-9-15(2)10-12-17/h4-12,18H,3,13-14H2,1-2H3,(H,20,21). The van der Waals surface area contributed by atoms with E-state index in [-0.39, 0.29) is 11.8 Å². The van der Waals surface area contributed by atoms with Crippen LogP contribution in [0.1, 0.15) is 30.4 Å². The predicted molar refractivity (Wildman–Crippen MR) is 89.2 cm³/mol. The largest absolute Gasteiger partial charge is 0.492 e. The fourth-order valence-corrected chi connectivity index (χ4v) is 2.36. The van der Waals surface area contributed by atoms with Crippen LogP contribution in [0.5, 0.6) is 5.75 Å². The highest BCUT2D eigenvalue weighted by Gasteiger charge is 2.17. The Balaban J connectivity index is 1.78. The van der Waals surface area contributed by atoms with Crippen LogP contribution in [0, 0.1) is 6.92 Å². The fourth-order valence-electron chi connectivity index (χ4n) is 2.36. The van der Waals surface area contributed by atoms with E-state index in [9.17, 15) is 4.79 Å². The van der Waals surface area contributed by atoms with Crippen LogP contribution in [-0.4, -0.2) is 19.1 Å². The van der Waals surface area contributed by atoms with Gasteiger partial charge in [-0.15, -0.1) is 0 Å². The van der Waals surface area contributed by atoms with Crippen molar-refractivity contribution in [2.24, 2.45) is 0 Å². The van der Waals surface area contributed by atoms with Gasteiger partial charge in [0.25, 0.3) is 0 Å². The van der Waals surface area contributed by atoms with Crippen molar-refractivity contribution < 1.29 is 9.53 Å². The maximum Gasteiger partial charge on any atom is 0.227 e. The summed E-state index contributed by atoms with van der Waals surface area (Å²) in [7, 11) is 0. The number of nitrogens with one attached hydrogen (secondary N) is 1. The van der Waals surface area contributed by atoms with Crippen LogP contribution in [-0.2, 0) is 4.79 Å². The minimum Gasteiger partial charge on any atom is -0.492 e. The summed E-state index contributed by atoms with van der Waals surface area (Å²) in [6.07, 6.45) is 0.786. The number of hydrogen-bond donors (Lipinski definition) is 1. The molecule has 0 aliphatic rings. The van der Waals surface area contributed by atoms with Gasteiger partial charge >= 0.3 is 0 Å². The maximum atomic E-state index is 12.3. The average molecular weight is 297 g/mol. The summed E-state index contributed by atoms with van der Waals surface area (Å²) < 4.78 is 5.62. The molecule has 0 aliphatic carbocycles. The molecule has 0 aromatic heterocycles. The molecule has 0 bridgehead atoms. The molecule has 116 valence electrons. The van der Waals surface area contributed by atoms with Gasteiger partial charge in [0.2, 0.25) is 5.91 Å². The molecule has 0 saturated heterocycles. The Kier molecular flexibility index (Phi) is 6.01. The lowest BCUT2D eigenvalue weighted by Gasteiger charge is -2.15. The van der Waals surface area contributed by atoms with E-state index < -0.39 is 0 Å². The van der Waals surface area contributed by atoms with Crippen LogP contribution in [0.4, 0.5) is 0 Å². The molecule has 0 radical (unpaired) electrons. The third-order valence-electron chi connectivity index (χ3n) is 3.62. The number of rotatable bonds is 7. The molecule has 3 heteroatoms. The zero-order chi connectivity index (χ0) is 15.8. The Morgan fingerprint density at radius 2 is 1.77 bits per heavy atom. The molecule has 0 saturated carbocycles. The zero-order valence-electron chi connectivity index (χ0n) is 13.2. The van der Waals surface area contributed by atoms with Crippen LogP contribution in [0.25, 0.3) is 0 Å². The normalized spacial score (nSPS) is 11.7. The van der Waals surface area contributed by atoms with E-state index in [4.69, 9.17) is 4.74 Å². The summed E-state index contributed by atoms with van der Waals surface area (Å²) in [5, 5.41) is 2.95. The van der Waals surface area contributed by atoms with Crippen molar-refractivity contribution in [3.8, 4) is 5.75 Å². The smallest absolute Gasteiger partial charge is 0.227 e. The minimum absolute atomic E-state index is 0.0567. The van der Waals surface area contributed by atoms with E-state index in [0.717, 1.165) is 17.7 Å². The number of aryl methyl sites for hydroxylation is 1. The molecule has 2 aromatic carbocycles. The lowest BCUT2D eigenvalue weighted by Crippen LogP contribution is -2.32. The van der Waals surface area contributed by atoms with Crippen molar-refractivity contribution in [2.45, 2.75) is 26.2 Å². The number of ether oxygens (including phenoxy) is 1. The van der Waals surface area contributed by atoms with Crippen LogP contribution < -0.4 is 10.1 Å². The second-order valence-corrected chi connectivity index (χ2v) is 5.32. The van der Waals surface area contributed by atoms with Crippen molar-refractivity contribution in [1.82, 2.24) is 5.32 Å². The van der Waals surface area contributed by atoms with Crippen molar-refractivity contribution in [1.29, 1.82) is 0 Å². The molecule has 1 amide bonds. The van der Waals surface area contributed by atoms with Crippen LogP contribution in [0.2, 0.25) is 0 Å². The summed E-state index contributed by atoms with van der Waals surface area (Å²) >= 11 is 0. The van der Waals surface area contributed by atoms with E-state index in [0.29, 0.717) is 13.2 Å². The quantitative estimate of drug-likeness (QED) is 0.792. The molecule has 3 nitrogen and oxygen atoms in total. The predicted octanol–water partition coefficient (Wildman–Crippen LogP) is 3.68.